The molecule has 5 heteroatoms. The third-order valence-corrected chi connectivity index (χ3v) is 5.44. The molecule has 2 heterocycles. The van der Waals surface area contributed by atoms with E-state index < -0.39 is 5.60 Å². The standard InChI is InChI=1S/C16H22N2O2S/c19-15(16(20)8-11-21-12-16)17-13-4-6-14(7-5-13)18-9-2-1-3-10-18/h4-7,20H,1-3,8-12H2,(H,17,19). The number of hydrogen-bond acceptors (Lipinski definition) is 4. The molecule has 2 N–H and O–H groups in total. The Labute approximate surface area is 129 Å². The molecule has 1 atom stereocenters. The average molecular weight is 306 g/mol. The number of aliphatic hydroxyl groups is 1. The van der Waals surface area contributed by atoms with E-state index >= 15 is 0 Å². The van der Waals surface area contributed by atoms with E-state index in [4.69, 9.17) is 0 Å². The molecule has 114 valence electrons. The van der Waals surface area contributed by atoms with E-state index in [0.29, 0.717) is 12.2 Å². The van der Waals surface area contributed by atoms with Crippen molar-refractivity contribution in [2.75, 3.05) is 34.8 Å². The third-order valence-electron chi connectivity index (χ3n) is 4.27. The summed E-state index contributed by atoms with van der Waals surface area (Å²) in [6.45, 7) is 2.23. The van der Waals surface area contributed by atoms with Gasteiger partial charge in [-0.1, -0.05) is 0 Å². The van der Waals surface area contributed by atoms with E-state index in [2.05, 4.69) is 10.2 Å². The van der Waals surface area contributed by atoms with Crippen LogP contribution >= 0.6 is 11.8 Å². The molecule has 0 radical (unpaired) electrons. The highest BCUT2D eigenvalue weighted by Gasteiger charge is 2.39. The fourth-order valence-corrected chi connectivity index (χ4v) is 4.13. The molecule has 1 aromatic carbocycles. The van der Waals surface area contributed by atoms with Gasteiger partial charge in [0.05, 0.1) is 0 Å². The number of anilines is 2. The van der Waals surface area contributed by atoms with Crippen molar-refractivity contribution >= 4 is 29.0 Å². The number of carbonyl (C=O) groups is 1. The number of carbonyl (C=O) groups excluding carboxylic acids is 1. The topological polar surface area (TPSA) is 52.6 Å². The molecule has 3 rings (SSSR count). The molecule has 0 spiro atoms. The number of thioether (sulfide) groups is 1. The minimum absolute atomic E-state index is 0.279. The summed E-state index contributed by atoms with van der Waals surface area (Å²) in [5.74, 6) is 1.06. The molecule has 0 bridgehead atoms. The highest BCUT2D eigenvalue weighted by Crippen LogP contribution is 2.29. The maximum atomic E-state index is 12.1. The van der Waals surface area contributed by atoms with E-state index in [1.807, 2.05) is 24.3 Å². The van der Waals surface area contributed by atoms with Gasteiger partial charge in [0.25, 0.3) is 5.91 Å². The van der Waals surface area contributed by atoms with Gasteiger partial charge in [0.2, 0.25) is 0 Å². The molecule has 1 amide bonds. The van der Waals surface area contributed by atoms with Crippen molar-refractivity contribution < 1.29 is 9.90 Å². The maximum Gasteiger partial charge on any atom is 0.257 e. The summed E-state index contributed by atoms with van der Waals surface area (Å²) >= 11 is 1.62. The van der Waals surface area contributed by atoms with Gasteiger partial charge in [-0.05, 0) is 55.7 Å². The van der Waals surface area contributed by atoms with Crippen molar-refractivity contribution in [3.05, 3.63) is 24.3 Å². The molecule has 2 aliphatic rings. The lowest BCUT2D eigenvalue weighted by molar-refractivity contribution is -0.131. The maximum absolute atomic E-state index is 12.1. The Kier molecular flexibility index (Phi) is 4.40. The van der Waals surface area contributed by atoms with E-state index in [9.17, 15) is 9.90 Å². The first kappa shape index (κ1) is 14.7. The third kappa shape index (κ3) is 3.35. The van der Waals surface area contributed by atoms with Gasteiger partial charge in [0.15, 0.2) is 5.60 Å². The lowest BCUT2D eigenvalue weighted by atomic mass is 10.0. The molecule has 4 nitrogen and oxygen atoms in total. The van der Waals surface area contributed by atoms with Crippen LogP contribution in [0.4, 0.5) is 11.4 Å². The SMILES string of the molecule is O=C(Nc1ccc(N2CCCCC2)cc1)C1(O)CCSC1. The van der Waals surface area contributed by atoms with Gasteiger partial charge in [-0.25, -0.2) is 0 Å². The van der Waals surface area contributed by atoms with E-state index in [1.54, 1.807) is 11.8 Å². The molecular weight excluding hydrogens is 284 g/mol. The number of piperidine rings is 1. The van der Waals surface area contributed by atoms with Crippen molar-refractivity contribution in [1.82, 2.24) is 0 Å². The molecule has 1 unspecified atom stereocenters. The van der Waals surface area contributed by atoms with Crippen LogP contribution < -0.4 is 10.2 Å². The van der Waals surface area contributed by atoms with E-state index in [1.165, 1.54) is 24.9 Å². The lowest BCUT2D eigenvalue weighted by Gasteiger charge is -2.29. The first-order valence-electron chi connectivity index (χ1n) is 7.64. The van der Waals surface area contributed by atoms with Gasteiger partial charge in [0.1, 0.15) is 0 Å². The fraction of sp³-hybridized carbons (Fsp3) is 0.562. The predicted molar refractivity (Wildman–Crippen MR) is 88.0 cm³/mol. The Morgan fingerprint density at radius 3 is 2.52 bits per heavy atom. The first-order valence-corrected chi connectivity index (χ1v) is 8.79. The lowest BCUT2D eigenvalue weighted by Crippen LogP contribution is -2.42. The van der Waals surface area contributed by atoms with Crippen LogP contribution in [0.5, 0.6) is 0 Å². The minimum atomic E-state index is -1.20. The van der Waals surface area contributed by atoms with Crippen LogP contribution in [0.2, 0.25) is 0 Å². The highest BCUT2D eigenvalue weighted by atomic mass is 32.2. The smallest absolute Gasteiger partial charge is 0.257 e. The molecule has 0 saturated carbocycles. The summed E-state index contributed by atoms with van der Waals surface area (Å²) in [6, 6.07) is 7.95. The largest absolute Gasteiger partial charge is 0.379 e. The fourth-order valence-electron chi connectivity index (χ4n) is 2.89. The van der Waals surface area contributed by atoms with Gasteiger partial charge in [-0.2, -0.15) is 11.8 Å². The van der Waals surface area contributed by atoms with Gasteiger partial charge < -0.3 is 15.3 Å². The number of hydrogen-bond donors (Lipinski definition) is 2. The second-order valence-electron chi connectivity index (χ2n) is 5.88. The van der Waals surface area contributed by atoms with Gasteiger partial charge >= 0.3 is 0 Å². The molecular formula is C16H22N2O2S. The summed E-state index contributed by atoms with van der Waals surface area (Å²) in [7, 11) is 0. The molecule has 2 aliphatic heterocycles. The molecule has 2 fully saturated rings. The first-order chi connectivity index (χ1) is 10.2. The monoisotopic (exact) mass is 306 g/mol. The number of nitrogens with zero attached hydrogens (tertiary/aromatic N) is 1. The van der Waals surface area contributed by atoms with Crippen LogP contribution in [-0.2, 0) is 4.79 Å². The van der Waals surface area contributed by atoms with E-state index in [0.717, 1.165) is 24.5 Å². The Morgan fingerprint density at radius 2 is 1.90 bits per heavy atom. The van der Waals surface area contributed by atoms with Crippen LogP contribution in [0, 0.1) is 0 Å². The van der Waals surface area contributed by atoms with Crippen LogP contribution in [0.15, 0.2) is 24.3 Å². The number of nitrogens with one attached hydrogen (secondary N) is 1. The average Bonchev–Trinajstić information content (AvgIpc) is 2.97. The summed E-state index contributed by atoms with van der Waals surface area (Å²) in [6.07, 6.45) is 4.36. The van der Waals surface area contributed by atoms with Crippen LogP contribution in [-0.4, -0.2) is 41.2 Å². The summed E-state index contributed by atoms with van der Waals surface area (Å²) in [5.41, 5.74) is 0.768. The van der Waals surface area contributed by atoms with Crippen LogP contribution in [0.1, 0.15) is 25.7 Å². The second kappa shape index (κ2) is 6.28. The quantitative estimate of drug-likeness (QED) is 0.901. The predicted octanol–water partition coefficient (Wildman–Crippen LogP) is 2.48. The van der Waals surface area contributed by atoms with Crippen molar-refractivity contribution in [3.8, 4) is 0 Å². The second-order valence-corrected chi connectivity index (χ2v) is 6.99. The highest BCUT2D eigenvalue weighted by molar-refractivity contribution is 7.99. The molecule has 2 saturated heterocycles. The van der Waals surface area contributed by atoms with Crippen molar-refractivity contribution in [1.29, 1.82) is 0 Å². The van der Waals surface area contributed by atoms with E-state index in [-0.39, 0.29) is 5.91 Å². The Morgan fingerprint density at radius 1 is 1.19 bits per heavy atom. The van der Waals surface area contributed by atoms with Gasteiger partial charge in [-0.3, -0.25) is 4.79 Å². The molecule has 0 aliphatic carbocycles. The molecule has 0 aromatic heterocycles. The summed E-state index contributed by atoms with van der Waals surface area (Å²) in [5, 5.41) is 13.1. The summed E-state index contributed by atoms with van der Waals surface area (Å²) < 4.78 is 0. The Bertz CT molecular complexity index is 492. The zero-order valence-corrected chi connectivity index (χ0v) is 13.0. The number of benzene rings is 1. The van der Waals surface area contributed by atoms with Gasteiger partial charge in [-0.15, -0.1) is 0 Å². The normalized spacial score (nSPS) is 25.9. The molecule has 1 aromatic rings. The Balaban J connectivity index is 1.62. The zero-order chi connectivity index (χ0) is 14.7. The zero-order valence-electron chi connectivity index (χ0n) is 12.2. The van der Waals surface area contributed by atoms with Crippen molar-refractivity contribution in [2.45, 2.75) is 31.3 Å². The summed E-state index contributed by atoms with van der Waals surface area (Å²) in [4.78, 5) is 14.5. The number of amides is 1. The van der Waals surface area contributed by atoms with Crippen molar-refractivity contribution in [3.63, 3.8) is 0 Å². The van der Waals surface area contributed by atoms with Crippen molar-refractivity contribution in [2.24, 2.45) is 0 Å². The Hall–Kier alpha value is -1.20. The minimum Gasteiger partial charge on any atom is -0.379 e. The van der Waals surface area contributed by atoms with Crippen LogP contribution in [0.3, 0.4) is 0 Å². The molecule has 21 heavy (non-hydrogen) atoms. The van der Waals surface area contributed by atoms with Gasteiger partial charge in [0, 0.05) is 30.2 Å². The number of rotatable bonds is 3. The van der Waals surface area contributed by atoms with Crippen LogP contribution in [0.25, 0.3) is 0 Å².